The number of halogens is 1. The maximum absolute atomic E-state index is 11.7. The second kappa shape index (κ2) is 5.07. The smallest absolute Gasteiger partial charge is 0.310 e. The Kier molecular flexibility index (Phi) is 3.69. The average Bonchev–Trinajstić information content (AvgIpc) is 2.70. The predicted molar refractivity (Wildman–Crippen MR) is 67.2 cm³/mol. The zero-order valence-corrected chi connectivity index (χ0v) is 10.8. The summed E-state index contributed by atoms with van der Waals surface area (Å²) >= 11 is 5.99. The number of likely N-dealkylation sites (tertiary alicyclic amines) is 1. The van der Waals surface area contributed by atoms with Crippen LogP contribution in [0.5, 0.6) is 0 Å². The minimum Gasteiger partial charge on any atom is -0.469 e. The number of ether oxygens (including phenoxy) is 1. The molecule has 1 heterocycles. The molecule has 0 saturated carbocycles. The number of esters is 1. The minimum absolute atomic E-state index is 0.0940. The van der Waals surface area contributed by atoms with Crippen LogP contribution in [0.15, 0.2) is 24.3 Å². The van der Waals surface area contributed by atoms with E-state index in [9.17, 15) is 4.79 Å². The number of hydrogen-bond donors (Lipinski definition) is 0. The highest BCUT2D eigenvalue weighted by Gasteiger charge is 2.37. The number of nitrogens with zero attached hydrogens (tertiary/aromatic N) is 1. The van der Waals surface area contributed by atoms with Gasteiger partial charge in [0, 0.05) is 24.0 Å². The van der Waals surface area contributed by atoms with Crippen molar-refractivity contribution < 1.29 is 9.53 Å². The summed E-state index contributed by atoms with van der Waals surface area (Å²) in [5, 5.41) is 0.709. The topological polar surface area (TPSA) is 29.5 Å². The van der Waals surface area contributed by atoms with E-state index in [-0.39, 0.29) is 17.8 Å². The number of rotatable bonds is 2. The monoisotopic (exact) mass is 253 g/mol. The van der Waals surface area contributed by atoms with Crippen LogP contribution in [-0.4, -0.2) is 38.1 Å². The third-order valence-corrected chi connectivity index (χ3v) is 3.52. The van der Waals surface area contributed by atoms with E-state index in [1.54, 1.807) is 0 Å². The average molecular weight is 254 g/mol. The number of carbonyl (C=O) groups is 1. The molecule has 17 heavy (non-hydrogen) atoms. The quantitative estimate of drug-likeness (QED) is 0.757. The minimum atomic E-state index is -0.140. The molecule has 1 aromatic carbocycles. The summed E-state index contributed by atoms with van der Waals surface area (Å²) in [5.41, 5.74) is 1.11. The Morgan fingerprint density at radius 3 is 2.88 bits per heavy atom. The summed E-state index contributed by atoms with van der Waals surface area (Å²) in [7, 11) is 3.45. The molecule has 0 aromatic heterocycles. The highest BCUT2D eigenvalue weighted by Crippen LogP contribution is 2.33. The van der Waals surface area contributed by atoms with Gasteiger partial charge in [-0.2, -0.15) is 0 Å². The fraction of sp³-hybridized carbons (Fsp3) is 0.462. The van der Waals surface area contributed by atoms with Crippen molar-refractivity contribution in [3.63, 3.8) is 0 Å². The summed E-state index contributed by atoms with van der Waals surface area (Å²) in [6.07, 6.45) is 0. The Balaban J connectivity index is 2.26. The lowest BCUT2D eigenvalue weighted by Crippen LogP contribution is -2.23. The summed E-state index contributed by atoms with van der Waals surface area (Å²) in [6.45, 7) is 1.60. The molecule has 0 bridgehead atoms. The molecule has 0 N–H and O–H groups in total. The molecule has 0 aliphatic carbocycles. The normalized spacial score (nSPS) is 24.9. The zero-order chi connectivity index (χ0) is 12.4. The van der Waals surface area contributed by atoms with Gasteiger partial charge in [-0.15, -0.1) is 0 Å². The lowest BCUT2D eigenvalue weighted by molar-refractivity contribution is -0.145. The summed E-state index contributed by atoms with van der Waals surface area (Å²) in [4.78, 5) is 13.9. The number of benzene rings is 1. The van der Waals surface area contributed by atoms with E-state index in [1.165, 1.54) is 7.11 Å². The largest absolute Gasteiger partial charge is 0.469 e. The van der Waals surface area contributed by atoms with Crippen LogP contribution in [-0.2, 0) is 9.53 Å². The first kappa shape index (κ1) is 12.4. The van der Waals surface area contributed by atoms with E-state index in [0.717, 1.165) is 18.7 Å². The lowest BCUT2D eigenvalue weighted by atomic mass is 9.89. The molecular weight excluding hydrogens is 238 g/mol. The van der Waals surface area contributed by atoms with Gasteiger partial charge in [0.15, 0.2) is 0 Å². The first-order chi connectivity index (χ1) is 8.11. The Morgan fingerprint density at radius 2 is 2.24 bits per heavy atom. The van der Waals surface area contributed by atoms with Gasteiger partial charge >= 0.3 is 5.97 Å². The van der Waals surface area contributed by atoms with Gasteiger partial charge in [0.25, 0.3) is 0 Å². The van der Waals surface area contributed by atoms with Crippen LogP contribution in [0.25, 0.3) is 0 Å². The molecule has 1 saturated heterocycles. The molecule has 3 nitrogen and oxygen atoms in total. The molecule has 1 aliphatic rings. The zero-order valence-electron chi connectivity index (χ0n) is 10.0. The number of carbonyl (C=O) groups excluding carboxylic acids is 1. The third-order valence-electron chi connectivity index (χ3n) is 3.28. The number of hydrogen-bond acceptors (Lipinski definition) is 3. The first-order valence-electron chi connectivity index (χ1n) is 5.63. The van der Waals surface area contributed by atoms with Crippen molar-refractivity contribution in [2.75, 3.05) is 27.2 Å². The summed E-state index contributed by atoms with van der Waals surface area (Å²) < 4.78 is 4.87. The van der Waals surface area contributed by atoms with Gasteiger partial charge in [-0.3, -0.25) is 4.79 Å². The van der Waals surface area contributed by atoms with Crippen molar-refractivity contribution in [1.82, 2.24) is 4.90 Å². The van der Waals surface area contributed by atoms with E-state index >= 15 is 0 Å². The van der Waals surface area contributed by atoms with Crippen LogP contribution in [0.3, 0.4) is 0 Å². The van der Waals surface area contributed by atoms with E-state index in [2.05, 4.69) is 4.90 Å². The predicted octanol–water partition coefficient (Wildman–Crippen LogP) is 2.16. The second-order valence-corrected chi connectivity index (χ2v) is 4.95. The van der Waals surface area contributed by atoms with Crippen LogP contribution in [0, 0.1) is 5.92 Å². The van der Waals surface area contributed by atoms with E-state index in [1.807, 2.05) is 31.3 Å². The van der Waals surface area contributed by atoms with E-state index in [0.29, 0.717) is 5.02 Å². The molecule has 2 atom stereocenters. The molecule has 1 aliphatic heterocycles. The molecule has 0 spiro atoms. The highest BCUT2D eigenvalue weighted by atomic mass is 35.5. The maximum Gasteiger partial charge on any atom is 0.310 e. The number of methoxy groups -OCH3 is 1. The molecular formula is C13H16ClNO2. The summed E-state index contributed by atoms with van der Waals surface area (Å²) in [5.74, 6) is -0.0612. The van der Waals surface area contributed by atoms with Crippen LogP contribution < -0.4 is 0 Å². The van der Waals surface area contributed by atoms with Gasteiger partial charge in [-0.25, -0.2) is 0 Å². The van der Waals surface area contributed by atoms with Gasteiger partial charge in [0.1, 0.15) is 0 Å². The van der Waals surface area contributed by atoms with Crippen LogP contribution in [0.2, 0.25) is 5.02 Å². The molecule has 92 valence electrons. The Morgan fingerprint density at radius 1 is 1.47 bits per heavy atom. The molecule has 0 amide bonds. The molecule has 2 rings (SSSR count). The fourth-order valence-corrected chi connectivity index (χ4v) is 2.66. The van der Waals surface area contributed by atoms with Crippen LogP contribution in [0.4, 0.5) is 0 Å². The van der Waals surface area contributed by atoms with Crippen molar-refractivity contribution >= 4 is 17.6 Å². The molecule has 1 aromatic rings. The summed E-state index contributed by atoms with van der Waals surface area (Å²) in [6, 6.07) is 7.72. The molecule has 0 radical (unpaired) electrons. The van der Waals surface area contributed by atoms with Crippen molar-refractivity contribution in [2.24, 2.45) is 5.92 Å². The lowest BCUT2D eigenvalue weighted by Gasteiger charge is -2.16. The standard InChI is InChI=1S/C13H16ClNO2/c1-15-7-11(12(8-15)13(16)17-2)9-4-3-5-10(14)6-9/h3-6,11-12H,7-8H2,1-2H3. The van der Waals surface area contributed by atoms with Gasteiger partial charge in [-0.1, -0.05) is 23.7 Å². The first-order valence-corrected chi connectivity index (χ1v) is 6.01. The van der Waals surface area contributed by atoms with Gasteiger partial charge in [-0.05, 0) is 24.7 Å². The van der Waals surface area contributed by atoms with Crippen molar-refractivity contribution in [3.05, 3.63) is 34.9 Å². The number of likely N-dealkylation sites (N-methyl/N-ethyl adjacent to an activating group) is 1. The van der Waals surface area contributed by atoms with Crippen LogP contribution >= 0.6 is 11.6 Å². The van der Waals surface area contributed by atoms with Crippen LogP contribution in [0.1, 0.15) is 11.5 Å². The van der Waals surface area contributed by atoms with Crippen molar-refractivity contribution in [2.45, 2.75) is 5.92 Å². The molecule has 1 fully saturated rings. The van der Waals surface area contributed by atoms with Crippen molar-refractivity contribution in [3.8, 4) is 0 Å². The van der Waals surface area contributed by atoms with Crippen molar-refractivity contribution in [1.29, 1.82) is 0 Å². The van der Waals surface area contributed by atoms with E-state index < -0.39 is 0 Å². The molecule has 2 unspecified atom stereocenters. The Bertz CT molecular complexity index is 422. The fourth-order valence-electron chi connectivity index (χ4n) is 2.47. The third kappa shape index (κ3) is 2.61. The van der Waals surface area contributed by atoms with Gasteiger partial charge < -0.3 is 9.64 Å². The highest BCUT2D eigenvalue weighted by molar-refractivity contribution is 6.30. The van der Waals surface area contributed by atoms with Gasteiger partial charge in [0.2, 0.25) is 0 Å². The Hall–Kier alpha value is -1.06. The van der Waals surface area contributed by atoms with Gasteiger partial charge in [0.05, 0.1) is 13.0 Å². The SMILES string of the molecule is COC(=O)C1CN(C)CC1c1cccc(Cl)c1. The Labute approximate surface area is 106 Å². The second-order valence-electron chi connectivity index (χ2n) is 4.51. The van der Waals surface area contributed by atoms with E-state index in [4.69, 9.17) is 16.3 Å². The molecule has 4 heteroatoms. The maximum atomic E-state index is 11.7.